The van der Waals surface area contributed by atoms with Crippen LogP contribution in [0.1, 0.15) is 25.5 Å². The van der Waals surface area contributed by atoms with Crippen molar-refractivity contribution in [3.8, 4) is 0 Å². The largest absolute Gasteiger partial charge is 0.284 e. The van der Waals surface area contributed by atoms with Crippen LogP contribution in [0.15, 0.2) is 29.6 Å². The molecule has 1 aliphatic heterocycles. The third-order valence-corrected chi connectivity index (χ3v) is 5.73. The van der Waals surface area contributed by atoms with Crippen LogP contribution in [0.4, 0.5) is 0 Å². The maximum Gasteiger partial charge on any atom is 0.246 e. The van der Waals surface area contributed by atoms with Gasteiger partial charge in [-0.15, -0.1) is 0 Å². The molecule has 1 aliphatic rings. The van der Waals surface area contributed by atoms with Crippen LogP contribution in [0.2, 0.25) is 0 Å². The van der Waals surface area contributed by atoms with Crippen molar-refractivity contribution in [2.45, 2.75) is 30.1 Å². The Morgan fingerprint density at radius 2 is 2.25 bits per heavy atom. The van der Waals surface area contributed by atoms with E-state index < -0.39 is 10.0 Å². The van der Waals surface area contributed by atoms with Crippen molar-refractivity contribution < 1.29 is 8.42 Å². The molecule has 1 unspecified atom stereocenters. The van der Waals surface area contributed by atoms with Crippen LogP contribution in [0.3, 0.4) is 0 Å². The fourth-order valence-corrected chi connectivity index (χ4v) is 4.25. The third-order valence-electron chi connectivity index (χ3n) is 3.92. The number of aromatic amines is 2. The summed E-state index contributed by atoms with van der Waals surface area (Å²) in [5, 5.41) is 13.2. The highest BCUT2D eigenvalue weighted by Crippen LogP contribution is 2.34. The van der Waals surface area contributed by atoms with Crippen molar-refractivity contribution in [2.24, 2.45) is 0 Å². The van der Waals surface area contributed by atoms with E-state index >= 15 is 0 Å². The van der Waals surface area contributed by atoms with Gasteiger partial charge in [0.15, 0.2) is 0 Å². The van der Waals surface area contributed by atoms with Crippen molar-refractivity contribution in [3.05, 3.63) is 30.4 Å². The Morgan fingerprint density at radius 3 is 2.90 bits per heavy atom. The minimum atomic E-state index is -3.48. The van der Waals surface area contributed by atoms with E-state index in [1.165, 1.54) is 16.7 Å². The molecule has 0 spiro atoms. The lowest BCUT2D eigenvalue weighted by Crippen LogP contribution is -2.47. The van der Waals surface area contributed by atoms with Gasteiger partial charge in [-0.05, 0) is 18.9 Å². The van der Waals surface area contributed by atoms with Crippen LogP contribution in [0.5, 0.6) is 0 Å². The molecule has 1 fully saturated rings. The molecule has 108 valence electrons. The van der Waals surface area contributed by atoms with Gasteiger partial charge in [0.25, 0.3) is 0 Å². The molecule has 2 aromatic rings. The van der Waals surface area contributed by atoms with Gasteiger partial charge >= 0.3 is 0 Å². The number of hydrogen-bond acceptors (Lipinski definition) is 4. The number of sulfonamides is 1. The lowest BCUT2D eigenvalue weighted by Gasteiger charge is -2.38. The van der Waals surface area contributed by atoms with Gasteiger partial charge in [0.05, 0.1) is 6.20 Å². The minimum Gasteiger partial charge on any atom is -0.284 e. The normalized spacial score (nSPS) is 24.9. The molecule has 1 saturated heterocycles. The zero-order valence-electron chi connectivity index (χ0n) is 11.2. The number of nitrogens with one attached hydrogen (secondary N) is 2. The molecule has 2 N–H and O–H groups in total. The van der Waals surface area contributed by atoms with E-state index in [2.05, 4.69) is 27.3 Å². The van der Waals surface area contributed by atoms with E-state index in [1.807, 2.05) is 6.07 Å². The van der Waals surface area contributed by atoms with Crippen LogP contribution in [-0.2, 0) is 15.4 Å². The van der Waals surface area contributed by atoms with Crippen molar-refractivity contribution in [1.29, 1.82) is 0 Å². The highest BCUT2D eigenvalue weighted by Gasteiger charge is 2.39. The second-order valence-corrected chi connectivity index (χ2v) is 7.35. The molecule has 0 aromatic carbocycles. The topological polar surface area (TPSA) is 94.7 Å². The van der Waals surface area contributed by atoms with Gasteiger partial charge in [0.2, 0.25) is 10.0 Å². The zero-order valence-corrected chi connectivity index (χ0v) is 12.0. The maximum absolute atomic E-state index is 12.5. The second kappa shape index (κ2) is 4.71. The molecule has 0 radical (unpaired) electrons. The average Bonchev–Trinajstić information content (AvgIpc) is 3.12. The van der Waals surface area contributed by atoms with Crippen LogP contribution in [0, 0.1) is 0 Å². The summed E-state index contributed by atoms with van der Waals surface area (Å²) in [4.78, 5) is 0.214. The van der Waals surface area contributed by atoms with Crippen LogP contribution < -0.4 is 0 Å². The molecule has 0 bridgehead atoms. The van der Waals surface area contributed by atoms with E-state index in [4.69, 9.17) is 0 Å². The molecule has 20 heavy (non-hydrogen) atoms. The van der Waals surface area contributed by atoms with Gasteiger partial charge in [0.1, 0.15) is 4.90 Å². The summed E-state index contributed by atoms with van der Waals surface area (Å²) in [6, 6.07) is 1.91. The standard InChI is InChI=1S/C12H17N5O2S/c1-12(11-3-5-13-16-11)4-2-6-17(9-12)20(18,19)10-7-14-15-8-10/h3,5,7-8H,2,4,6,9H2,1H3,(H,13,16)(H,14,15). The zero-order chi connectivity index (χ0) is 14.2. The number of rotatable bonds is 3. The van der Waals surface area contributed by atoms with Crippen LogP contribution in [0.25, 0.3) is 0 Å². The number of aromatic nitrogens is 4. The third kappa shape index (κ3) is 2.14. The summed E-state index contributed by atoms with van der Waals surface area (Å²) >= 11 is 0. The first-order valence-corrected chi connectivity index (χ1v) is 7.95. The molecule has 7 nitrogen and oxygen atoms in total. The van der Waals surface area contributed by atoms with Crippen molar-refractivity contribution in [3.63, 3.8) is 0 Å². The van der Waals surface area contributed by atoms with Gasteiger partial charge in [0, 0.05) is 36.6 Å². The monoisotopic (exact) mass is 295 g/mol. The summed E-state index contributed by atoms with van der Waals surface area (Å²) in [7, 11) is -3.48. The van der Waals surface area contributed by atoms with Crippen molar-refractivity contribution >= 4 is 10.0 Å². The molecule has 3 heterocycles. The number of hydrogen-bond donors (Lipinski definition) is 2. The predicted octanol–water partition coefficient (Wildman–Crippen LogP) is 0.875. The first-order valence-electron chi connectivity index (χ1n) is 6.51. The Hall–Kier alpha value is -1.67. The summed E-state index contributed by atoms with van der Waals surface area (Å²) < 4.78 is 26.6. The van der Waals surface area contributed by atoms with Crippen molar-refractivity contribution in [1.82, 2.24) is 24.7 Å². The SMILES string of the molecule is CC1(c2ccn[nH]2)CCCN(S(=O)(=O)c2cn[nH]c2)C1. The van der Waals surface area contributed by atoms with E-state index in [9.17, 15) is 8.42 Å². The van der Waals surface area contributed by atoms with Gasteiger partial charge < -0.3 is 0 Å². The van der Waals surface area contributed by atoms with Crippen LogP contribution >= 0.6 is 0 Å². The van der Waals surface area contributed by atoms with Crippen LogP contribution in [-0.4, -0.2) is 46.2 Å². The smallest absolute Gasteiger partial charge is 0.246 e. The molecule has 2 aromatic heterocycles. The van der Waals surface area contributed by atoms with Gasteiger partial charge in [-0.2, -0.15) is 14.5 Å². The lowest BCUT2D eigenvalue weighted by molar-refractivity contribution is 0.236. The van der Waals surface area contributed by atoms with Gasteiger partial charge in [-0.25, -0.2) is 8.42 Å². The number of piperidine rings is 1. The van der Waals surface area contributed by atoms with Gasteiger partial charge in [-0.3, -0.25) is 10.2 Å². The lowest BCUT2D eigenvalue weighted by atomic mass is 9.80. The predicted molar refractivity (Wildman–Crippen MR) is 72.5 cm³/mol. The Kier molecular flexibility index (Phi) is 3.14. The molecular weight excluding hydrogens is 278 g/mol. The Bertz CT molecular complexity index is 665. The quantitative estimate of drug-likeness (QED) is 0.878. The minimum absolute atomic E-state index is 0.214. The Morgan fingerprint density at radius 1 is 1.40 bits per heavy atom. The average molecular weight is 295 g/mol. The highest BCUT2D eigenvalue weighted by atomic mass is 32.2. The molecule has 3 rings (SSSR count). The number of H-pyrrole nitrogens is 2. The molecular formula is C12H17N5O2S. The fraction of sp³-hybridized carbons (Fsp3) is 0.500. The number of nitrogens with zero attached hydrogens (tertiary/aromatic N) is 3. The van der Waals surface area contributed by atoms with E-state index in [0.717, 1.165) is 18.5 Å². The molecule has 1 atom stereocenters. The maximum atomic E-state index is 12.5. The van der Waals surface area contributed by atoms with E-state index in [-0.39, 0.29) is 10.3 Å². The first kappa shape index (κ1) is 13.3. The molecule has 0 amide bonds. The van der Waals surface area contributed by atoms with E-state index in [1.54, 1.807) is 6.20 Å². The first-order chi connectivity index (χ1) is 9.52. The van der Waals surface area contributed by atoms with E-state index in [0.29, 0.717) is 13.1 Å². The molecule has 0 aliphatic carbocycles. The van der Waals surface area contributed by atoms with Crippen molar-refractivity contribution in [2.75, 3.05) is 13.1 Å². The second-order valence-electron chi connectivity index (χ2n) is 5.41. The Balaban J connectivity index is 1.90. The Labute approximate surface area is 117 Å². The summed E-state index contributed by atoms with van der Waals surface area (Å²) in [5.74, 6) is 0. The summed E-state index contributed by atoms with van der Waals surface area (Å²) in [5.41, 5.74) is 0.746. The molecule has 0 saturated carbocycles. The highest BCUT2D eigenvalue weighted by molar-refractivity contribution is 7.89. The summed E-state index contributed by atoms with van der Waals surface area (Å²) in [6.07, 6.45) is 6.22. The fourth-order valence-electron chi connectivity index (χ4n) is 2.74. The molecule has 8 heteroatoms. The summed E-state index contributed by atoms with van der Waals surface area (Å²) in [6.45, 7) is 3.05. The van der Waals surface area contributed by atoms with Gasteiger partial charge in [-0.1, -0.05) is 6.92 Å².